The van der Waals surface area contributed by atoms with E-state index in [0.29, 0.717) is 11.3 Å². The van der Waals surface area contributed by atoms with Crippen LogP contribution in [0.2, 0.25) is 0 Å². The minimum atomic E-state index is -1.84. The maximum absolute atomic E-state index is 11.6. The third-order valence-electron chi connectivity index (χ3n) is 2.64. The fourth-order valence-electron chi connectivity index (χ4n) is 1.34. The number of hydrogen-bond donors (Lipinski definition) is 3. The van der Waals surface area contributed by atoms with Gasteiger partial charge in [0, 0.05) is 25.3 Å². The lowest BCUT2D eigenvalue weighted by atomic mass is 10.1. The van der Waals surface area contributed by atoms with Crippen molar-refractivity contribution in [2.75, 3.05) is 26.0 Å². The number of nitrogens with zero attached hydrogens (tertiary/aromatic N) is 1. The van der Waals surface area contributed by atoms with Crippen molar-refractivity contribution < 1.29 is 19.8 Å². The van der Waals surface area contributed by atoms with Crippen LogP contribution in [0.1, 0.15) is 17.3 Å². The highest BCUT2D eigenvalue weighted by molar-refractivity contribution is 5.94. The van der Waals surface area contributed by atoms with Gasteiger partial charge in [0.25, 0.3) is 5.91 Å². The lowest BCUT2D eigenvalue weighted by Gasteiger charge is -2.19. The number of carbonyl (C=O) groups excluding carboxylic acids is 1. The standard InChI is InChI=1S/C13H18N2O4/c1-13(19,12(17)18)8-14-10-6-4-9(5-7-10)11(16)15(2)3/h4-7,14,19H,8H2,1-3H3,(H,17,18). The highest BCUT2D eigenvalue weighted by atomic mass is 16.4. The summed E-state index contributed by atoms with van der Waals surface area (Å²) in [6.07, 6.45) is 0. The predicted molar refractivity (Wildman–Crippen MR) is 71.2 cm³/mol. The number of amides is 1. The molecule has 0 aliphatic heterocycles. The summed E-state index contributed by atoms with van der Waals surface area (Å²) in [6, 6.07) is 6.60. The van der Waals surface area contributed by atoms with Crippen LogP contribution < -0.4 is 5.32 Å². The molecule has 19 heavy (non-hydrogen) atoms. The lowest BCUT2D eigenvalue weighted by Crippen LogP contribution is -2.41. The van der Waals surface area contributed by atoms with Gasteiger partial charge in [-0.1, -0.05) is 0 Å². The number of carboxylic acids is 1. The molecule has 1 amide bonds. The molecule has 1 atom stereocenters. The molecule has 0 spiro atoms. The minimum Gasteiger partial charge on any atom is -0.479 e. The van der Waals surface area contributed by atoms with Gasteiger partial charge in [-0.25, -0.2) is 4.79 Å². The van der Waals surface area contributed by atoms with Crippen LogP contribution in [0.25, 0.3) is 0 Å². The molecule has 0 aliphatic carbocycles. The molecule has 1 unspecified atom stereocenters. The second kappa shape index (κ2) is 5.71. The normalized spacial score (nSPS) is 13.5. The Bertz CT molecular complexity index is 466. The Labute approximate surface area is 111 Å². The summed E-state index contributed by atoms with van der Waals surface area (Å²) in [6.45, 7) is 1.09. The Morgan fingerprint density at radius 2 is 1.79 bits per heavy atom. The summed E-state index contributed by atoms with van der Waals surface area (Å²) in [4.78, 5) is 23.8. The highest BCUT2D eigenvalue weighted by Crippen LogP contribution is 2.12. The van der Waals surface area contributed by atoms with Gasteiger partial charge in [-0.2, -0.15) is 0 Å². The van der Waals surface area contributed by atoms with E-state index in [-0.39, 0.29) is 12.5 Å². The molecule has 1 aromatic carbocycles. The van der Waals surface area contributed by atoms with Crippen molar-refractivity contribution in [3.63, 3.8) is 0 Å². The Kier molecular flexibility index (Phi) is 4.50. The number of nitrogens with one attached hydrogen (secondary N) is 1. The molecule has 3 N–H and O–H groups in total. The molecule has 6 nitrogen and oxygen atoms in total. The Balaban J connectivity index is 2.68. The molecule has 0 heterocycles. The SMILES string of the molecule is CN(C)C(=O)c1ccc(NCC(C)(O)C(=O)O)cc1. The number of aliphatic carboxylic acids is 1. The van der Waals surface area contributed by atoms with Crippen molar-refractivity contribution in [3.05, 3.63) is 29.8 Å². The van der Waals surface area contributed by atoms with Gasteiger partial charge in [0.15, 0.2) is 5.60 Å². The maximum Gasteiger partial charge on any atom is 0.337 e. The third kappa shape index (κ3) is 3.96. The van der Waals surface area contributed by atoms with Crippen molar-refractivity contribution >= 4 is 17.6 Å². The van der Waals surface area contributed by atoms with Crippen LogP contribution in [0, 0.1) is 0 Å². The van der Waals surface area contributed by atoms with E-state index < -0.39 is 11.6 Å². The quantitative estimate of drug-likeness (QED) is 0.727. The van der Waals surface area contributed by atoms with Crippen LogP contribution in [-0.4, -0.2) is 53.2 Å². The third-order valence-corrected chi connectivity index (χ3v) is 2.64. The highest BCUT2D eigenvalue weighted by Gasteiger charge is 2.29. The largest absolute Gasteiger partial charge is 0.479 e. The molecule has 0 radical (unpaired) electrons. The average Bonchev–Trinajstić information content (AvgIpc) is 2.36. The van der Waals surface area contributed by atoms with Gasteiger partial charge in [-0.05, 0) is 31.2 Å². The van der Waals surface area contributed by atoms with E-state index in [1.807, 2.05) is 0 Å². The van der Waals surface area contributed by atoms with E-state index >= 15 is 0 Å². The first-order chi connectivity index (χ1) is 8.74. The maximum atomic E-state index is 11.6. The van der Waals surface area contributed by atoms with Crippen LogP contribution >= 0.6 is 0 Å². The predicted octanol–water partition coefficient (Wildman–Crippen LogP) is 0.636. The Hall–Kier alpha value is -2.08. The number of benzene rings is 1. The summed E-state index contributed by atoms with van der Waals surface area (Å²) >= 11 is 0. The zero-order chi connectivity index (χ0) is 14.6. The Morgan fingerprint density at radius 3 is 2.21 bits per heavy atom. The van der Waals surface area contributed by atoms with E-state index in [9.17, 15) is 14.7 Å². The average molecular weight is 266 g/mol. The summed E-state index contributed by atoms with van der Waals surface area (Å²) in [5, 5.41) is 21.1. The molecule has 0 aromatic heterocycles. The van der Waals surface area contributed by atoms with Gasteiger partial charge in [-0.3, -0.25) is 4.79 Å². The smallest absolute Gasteiger partial charge is 0.337 e. The minimum absolute atomic E-state index is 0.107. The van der Waals surface area contributed by atoms with Gasteiger partial charge in [0.2, 0.25) is 0 Å². The monoisotopic (exact) mass is 266 g/mol. The topological polar surface area (TPSA) is 89.9 Å². The number of carboxylic acid groups (broad SMARTS) is 1. The van der Waals surface area contributed by atoms with Crippen molar-refractivity contribution in [2.45, 2.75) is 12.5 Å². The van der Waals surface area contributed by atoms with Crippen LogP contribution in [-0.2, 0) is 4.79 Å². The molecule has 0 bridgehead atoms. The Morgan fingerprint density at radius 1 is 1.26 bits per heavy atom. The molecule has 1 rings (SSSR count). The summed E-state index contributed by atoms with van der Waals surface area (Å²) in [5.74, 6) is -1.40. The van der Waals surface area contributed by atoms with Gasteiger partial charge >= 0.3 is 5.97 Å². The summed E-state index contributed by atoms with van der Waals surface area (Å²) in [5.41, 5.74) is -0.657. The van der Waals surface area contributed by atoms with Crippen molar-refractivity contribution in [1.29, 1.82) is 0 Å². The first-order valence-corrected chi connectivity index (χ1v) is 5.75. The van der Waals surface area contributed by atoms with Gasteiger partial charge in [-0.15, -0.1) is 0 Å². The van der Waals surface area contributed by atoms with Crippen molar-refractivity contribution in [1.82, 2.24) is 4.90 Å². The zero-order valence-electron chi connectivity index (χ0n) is 11.2. The van der Waals surface area contributed by atoms with Gasteiger partial charge in [0.1, 0.15) is 0 Å². The second-order valence-corrected chi connectivity index (χ2v) is 4.71. The summed E-state index contributed by atoms with van der Waals surface area (Å²) in [7, 11) is 3.33. The first-order valence-electron chi connectivity index (χ1n) is 5.75. The molecule has 0 saturated heterocycles. The van der Waals surface area contributed by atoms with Crippen LogP contribution in [0.3, 0.4) is 0 Å². The molecule has 0 saturated carbocycles. The molecule has 6 heteroatoms. The number of aliphatic hydroxyl groups is 1. The van der Waals surface area contributed by atoms with Crippen LogP contribution in [0.4, 0.5) is 5.69 Å². The van der Waals surface area contributed by atoms with E-state index in [4.69, 9.17) is 5.11 Å². The number of carbonyl (C=O) groups is 2. The number of hydrogen-bond acceptors (Lipinski definition) is 4. The van der Waals surface area contributed by atoms with Gasteiger partial charge < -0.3 is 20.4 Å². The summed E-state index contributed by atoms with van der Waals surface area (Å²) < 4.78 is 0. The molecule has 1 aromatic rings. The van der Waals surface area contributed by atoms with Crippen LogP contribution in [0.15, 0.2) is 24.3 Å². The lowest BCUT2D eigenvalue weighted by molar-refractivity contribution is -0.155. The van der Waals surface area contributed by atoms with Crippen molar-refractivity contribution in [3.8, 4) is 0 Å². The first kappa shape index (κ1) is 15.0. The van der Waals surface area contributed by atoms with Crippen molar-refractivity contribution in [2.24, 2.45) is 0 Å². The zero-order valence-corrected chi connectivity index (χ0v) is 11.2. The molecular weight excluding hydrogens is 248 g/mol. The molecular formula is C13H18N2O4. The van der Waals surface area contributed by atoms with E-state index in [0.717, 1.165) is 0 Å². The molecule has 0 fully saturated rings. The molecule has 0 aliphatic rings. The fraction of sp³-hybridized carbons (Fsp3) is 0.385. The number of rotatable bonds is 5. The van der Waals surface area contributed by atoms with Crippen LogP contribution in [0.5, 0.6) is 0 Å². The second-order valence-electron chi connectivity index (χ2n) is 4.71. The van der Waals surface area contributed by atoms with E-state index in [2.05, 4.69) is 5.32 Å². The van der Waals surface area contributed by atoms with Gasteiger partial charge in [0.05, 0.1) is 6.54 Å². The fourth-order valence-corrected chi connectivity index (χ4v) is 1.34. The molecule has 104 valence electrons. The number of anilines is 1. The van der Waals surface area contributed by atoms with E-state index in [1.165, 1.54) is 11.8 Å². The van der Waals surface area contributed by atoms with E-state index in [1.54, 1.807) is 38.4 Å².